The molecule has 0 saturated heterocycles. The Kier molecular flexibility index (Phi) is 3.78. The summed E-state index contributed by atoms with van der Waals surface area (Å²) in [6, 6.07) is 10.3. The average Bonchev–Trinajstić information content (AvgIpc) is 2.81. The van der Waals surface area contributed by atoms with E-state index in [1.165, 1.54) is 11.1 Å². The Bertz CT molecular complexity index is 496. The van der Waals surface area contributed by atoms with E-state index in [0.29, 0.717) is 0 Å². The summed E-state index contributed by atoms with van der Waals surface area (Å²) in [4.78, 5) is 1.15. The van der Waals surface area contributed by atoms with Crippen LogP contribution in [0.15, 0.2) is 35.7 Å². The highest BCUT2D eigenvalue weighted by Gasteiger charge is 2.16. The van der Waals surface area contributed by atoms with Gasteiger partial charge in [0, 0.05) is 10.3 Å². The number of ether oxygens (including phenoxy) is 1. The fourth-order valence-electron chi connectivity index (χ4n) is 1.83. The van der Waals surface area contributed by atoms with Crippen LogP contribution in [0.1, 0.15) is 22.0 Å². The summed E-state index contributed by atoms with van der Waals surface area (Å²) in [5, 5.41) is 1.98. The van der Waals surface area contributed by atoms with E-state index in [2.05, 4.69) is 24.5 Å². The Hall–Kier alpha value is -1.36. The molecule has 0 fully saturated rings. The van der Waals surface area contributed by atoms with E-state index in [9.17, 15) is 0 Å². The lowest BCUT2D eigenvalue weighted by atomic mass is 10.0. The first-order chi connectivity index (χ1) is 8.26. The van der Waals surface area contributed by atoms with Gasteiger partial charge in [-0.2, -0.15) is 0 Å². The lowest BCUT2D eigenvalue weighted by Crippen LogP contribution is -2.28. The van der Waals surface area contributed by atoms with Gasteiger partial charge in [0.1, 0.15) is 5.75 Å². The molecule has 0 aliphatic rings. The lowest BCUT2D eigenvalue weighted by molar-refractivity contribution is 0.416. The van der Waals surface area contributed by atoms with Gasteiger partial charge in [0.25, 0.3) is 0 Å². The fourth-order valence-corrected chi connectivity index (χ4v) is 2.76. The van der Waals surface area contributed by atoms with Crippen molar-refractivity contribution in [2.45, 2.75) is 13.0 Å². The first kappa shape index (κ1) is 12.1. The van der Waals surface area contributed by atoms with Gasteiger partial charge in [-0.3, -0.25) is 5.84 Å². The quantitative estimate of drug-likeness (QED) is 0.646. The zero-order valence-corrected chi connectivity index (χ0v) is 10.8. The van der Waals surface area contributed by atoms with Crippen molar-refractivity contribution in [3.8, 4) is 5.75 Å². The molecule has 0 aliphatic carbocycles. The van der Waals surface area contributed by atoms with Crippen molar-refractivity contribution in [3.05, 3.63) is 51.7 Å². The van der Waals surface area contributed by atoms with Crippen LogP contribution in [0, 0.1) is 6.92 Å². The van der Waals surface area contributed by atoms with Gasteiger partial charge < -0.3 is 4.74 Å². The molecule has 2 rings (SSSR count). The Labute approximate surface area is 105 Å². The van der Waals surface area contributed by atoms with Crippen molar-refractivity contribution in [1.82, 2.24) is 5.43 Å². The minimum Gasteiger partial charge on any atom is -0.496 e. The molecule has 1 atom stereocenters. The van der Waals surface area contributed by atoms with E-state index in [1.54, 1.807) is 18.4 Å². The van der Waals surface area contributed by atoms with Crippen molar-refractivity contribution >= 4 is 11.3 Å². The third kappa shape index (κ3) is 2.49. The van der Waals surface area contributed by atoms with Gasteiger partial charge in [0.05, 0.1) is 13.2 Å². The first-order valence-corrected chi connectivity index (χ1v) is 6.28. The van der Waals surface area contributed by atoms with E-state index in [0.717, 1.165) is 10.6 Å². The van der Waals surface area contributed by atoms with E-state index in [-0.39, 0.29) is 6.04 Å². The second-order valence-corrected chi connectivity index (χ2v) is 4.79. The number of aryl methyl sites for hydroxylation is 1. The maximum Gasteiger partial charge on any atom is 0.129 e. The average molecular weight is 248 g/mol. The molecule has 0 spiro atoms. The van der Waals surface area contributed by atoms with E-state index >= 15 is 0 Å². The number of methoxy groups -OCH3 is 1. The van der Waals surface area contributed by atoms with Gasteiger partial charge >= 0.3 is 0 Å². The van der Waals surface area contributed by atoms with Crippen LogP contribution in [-0.4, -0.2) is 7.11 Å². The normalized spacial score (nSPS) is 12.4. The van der Waals surface area contributed by atoms with Gasteiger partial charge in [-0.15, -0.1) is 11.3 Å². The number of benzene rings is 1. The van der Waals surface area contributed by atoms with Gasteiger partial charge in [0.2, 0.25) is 0 Å². The van der Waals surface area contributed by atoms with E-state index in [4.69, 9.17) is 10.6 Å². The predicted molar refractivity (Wildman–Crippen MR) is 71.2 cm³/mol. The van der Waals surface area contributed by atoms with Gasteiger partial charge in [0.15, 0.2) is 0 Å². The third-order valence-corrected chi connectivity index (χ3v) is 3.76. The Morgan fingerprint density at radius 2 is 2.12 bits per heavy atom. The molecule has 1 aromatic heterocycles. The smallest absolute Gasteiger partial charge is 0.129 e. The Morgan fingerprint density at radius 1 is 1.35 bits per heavy atom. The molecule has 0 amide bonds. The molecule has 0 radical (unpaired) electrons. The molecule has 90 valence electrons. The SMILES string of the molecule is COc1csc(C(NN)c2ccccc2C)c1. The number of rotatable bonds is 4. The van der Waals surface area contributed by atoms with Crippen LogP contribution in [0.2, 0.25) is 0 Å². The molecule has 2 aromatic rings. The van der Waals surface area contributed by atoms with Crippen LogP contribution < -0.4 is 16.0 Å². The predicted octanol–water partition coefficient (Wildman–Crippen LogP) is 2.62. The van der Waals surface area contributed by atoms with Crippen LogP contribution in [0.4, 0.5) is 0 Å². The fraction of sp³-hybridized carbons (Fsp3) is 0.231. The summed E-state index contributed by atoms with van der Waals surface area (Å²) in [6.45, 7) is 2.09. The number of hydrogen-bond acceptors (Lipinski definition) is 4. The second kappa shape index (κ2) is 5.31. The summed E-state index contributed by atoms with van der Waals surface area (Å²) < 4.78 is 5.20. The lowest BCUT2D eigenvalue weighted by Gasteiger charge is -2.16. The molecule has 0 aliphatic heterocycles. The Balaban J connectivity index is 2.36. The highest BCUT2D eigenvalue weighted by molar-refractivity contribution is 7.10. The molecule has 1 aromatic carbocycles. The number of hydrogen-bond donors (Lipinski definition) is 2. The molecule has 17 heavy (non-hydrogen) atoms. The summed E-state index contributed by atoms with van der Waals surface area (Å²) >= 11 is 1.64. The monoisotopic (exact) mass is 248 g/mol. The van der Waals surface area contributed by atoms with Crippen LogP contribution in [-0.2, 0) is 0 Å². The summed E-state index contributed by atoms with van der Waals surface area (Å²) in [7, 11) is 1.67. The molecule has 1 heterocycles. The first-order valence-electron chi connectivity index (χ1n) is 5.40. The van der Waals surface area contributed by atoms with Crippen molar-refractivity contribution in [2.24, 2.45) is 5.84 Å². The molecule has 0 saturated carbocycles. The van der Waals surface area contributed by atoms with Gasteiger partial charge in [-0.05, 0) is 24.1 Å². The standard InChI is InChI=1S/C13H16N2OS/c1-9-5-3-4-6-11(9)13(15-14)12-7-10(16-2)8-17-12/h3-8,13,15H,14H2,1-2H3. The zero-order chi connectivity index (χ0) is 12.3. The third-order valence-electron chi connectivity index (χ3n) is 2.78. The van der Waals surface area contributed by atoms with Crippen molar-refractivity contribution in [2.75, 3.05) is 7.11 Å². The number of hydrazine groups is 1. The minimum absolute atomic E-state index is 0.0186. The molecule has 1 unspecified atom stereocenters. The number of thiophene rings is 1. The molecule has 3 N–H and O–H groups in total. The molecule has 3 nitrogen and oxygen atoms in total. The highest BCUT2D eigenvalue weighted by atomic mass is 32.1. The largest absolute Gasteiger partial charge is 0.496 e. The maximum absolute atomic E-state index is 5.67. The molecule has 4 heteroatoms. The van der Waals surface area contributed by atoms with Crippen molar-refractivity contribution in [1.29, 1.82) is 0 Å². The second-order valence-electron chi connectivity index (χ2n) is 3.85. The maximum atomic E-state index is 5.67. The van der Waals surface area contributed by atoms with Crippen LogP contribution in [0.25, 0.3) is 0 Å². The minimum atomic E-state index is 0.0186. The van der Waals surface area contributed by atoms with Gasteiger partial charge in [-0.1, -0.05) is 24.3 Å². The van der Waals surface area contributed by atoms with Gasteiger partial charge in [-0.25, -0.2) is 5.43 Å². The van der Waals surface area contributed by atoms with Crippen molar-refractivity contribution in [3.63, 3.8) is 0 Å². The summed E-state index contributed by atoms with van der Waals surface area (Å²) in [6.07, 6.45) is 0. The summed E-state index contributed by atoms with van der Waals surface area (Å²) in [5.74, 6) is 6.55. The number of nitrogens with two attached hydrogens (primary N) is 1. The summed E-state index contributed by atoms with van der Waals surface area (Å²) in [5.41, 5.74) is 5.29. The Morgan fingerprint density at radius 3 is 2.71 bits per heavy atom. The zero-order valence-electron chi connectivity index (χ0n) is 9.94. The molecular formula is C13H16N2OS. The van der Waals surface area contributed by atoms with Crippen LogP contribution in [0.3, 0.4) is 0 Å². The van der Waals surface area contributed by atoms with Crippen molar-refractivity contribution < 1.29 is 4.74 Å². The topological polar surface area (TPSA) is 47.3 Å². The number of nitrogens with one attached hydrogen (secondary N) is 1. The highest BCUT2D eigenvalue weighted by Crippen LogP contribution is 2.31. The van der Waals surface area contributed by atoms with Crippen LogP contribution in [0.5, 0.6) is 5.75 Å². The van der Waals surface area contributed by atoms with Crippen LogP contribution >= 0.6 is 11.3 Å². The molecule has 0 bridgehead atoms. The van der Waals surface area contributed by atoms with E-state index in [1.807, 2.05) is 23.6 Å². The molecular weight excluding hydrogens is 232 g/mol. The van der Waals surface area contributed by atoms with E-state index < -0.39 is 0 Å².